The Labute approximate surface area is 111 Å². The number of carboxylic acid groups (broad SMARTS) is 1. The summed E-state index contributed by atoms with van der Waals surface area (Å²) in [5, 5.41) is 10.2. The monoisotopic (exact) mass is 259 g/mol. The van der Waals surface area contributed by atoms with Gasteiger partial charge in [-0.15, -0.1) is 0 Å². The molecule has 0 saturated carbocycles. The second kappa shape index (κ2) is 4.53. The fourth-order valence-electron chi connectivity index (χ4n) is 2.20. The lowest BCUT2D eigenvalue weighted by Crippen LogP contribution is -2.37. The van der Waals surface area contributed by atoms with Gasteiger partial charge < -0.3 is 9.67 Å². The van der Waals surface area contributed by atoms with Crippen molar-refractivity contribution in [1.29, 1.82) is 0 Å². The molecule has 0 aliphatic heterocycles. The highest BCUT2D eigenvalue weighted by Gasteiger charge is 2.33. The molecule has 4 nitrogen and oxygen atoms in total. The van der Waals surface area contributed by atoms with Crippen molar-refractivity contribution in [3.8, 4) is 0 Å². The summed E-state index contributed by atoms with van der Waals surface area (Å²) >= 11 is 0. The van der Waals surface area contributed by atoms with Crippen LogP contribution in [0.2, 0.25) is 0 Å². The van der Waals surface area contributed by atoms with Crippen LogP contribution in [0.15, 0.2) is 35.1 Å². The minimum absolute atomic E-state index is 0.228. The quantitative estimate of drug-likeness (QED) is 0.920. The molecule has 1 aromatic heterocycles. The molecule has 1 N–H and O–H groups in total. The number of aryl methyl sites for hydroxylation is 1. The summed E-state index contributed by atoms with van der Waals surface area (Å²) < 4.78 is 1.62. The highest BCUT2D eigenvalue weighted by Crippen LogP contribution is 2.24. The molecular formula is C15H17NO3. The van der Waals surface area contributed by atoms with E-state index in [1.54, 1.807) is 24.5 Å². The lowest BCUT2D eigenvalue weighted by atomic mass is 9.85. The van der Waals surface area contributed by atoms with Gasteiger partial charge in [0.1, 0.15) is 0 Å². The molecule has 4 heteroatoms. The zero-order chi connectivity index (χ0) is 14.2. The fourth-order valence-corrected chi connectivity index (χ4v) is 2.20. The predicted molar refractivity (Wildman–Crippen MR) is 74.5 cm³/mol. The molecule has 0 saturated heterocycles. The van der Waals surface area contributed by atoms with Gasteiger partial charge in [0.15, 0.2) is 0 Å². The molecule has 0 amide bonds. The second-order valence-corrected chi connectivity index (χ2v) is 5.10. The van der Waals surface area contributed by atoms with Crippen molar-refractivity contribution in [3.63, 3.8) is 0 Å². The molecule has 0 aliphatic carbocycles. The first-order valence-electron chi connectivity index (χ1n) is 6.26. The summed E-state index contributed by atoms with van der Waals surface area (Å²) in [6.45, 7) is 5.51. The number of carboxylic acids is 1. The fraction of sp³-hybridized carbons (Fsp3) is 0.333. The van der Waals surface area contributed by atoms with E-state index in [1.807, 2.05) is 31.2 Å². The third kappa shape index (κ3) is 2.03. The predicted octanol–water partition coefficient (Wildman–Crippen LogP) is 2.38. The number of rotatable bonds is 3. The summed E-state index contributed by atoms with van der Waals surface area (Å²) in [6.07, 6.45) is 0. The van der Waals surface area contributed by atoms with E-state index in [-0.39, 0.29) is 5.56 Å². The highest BCUT2D eigenvalue weighted by molar-refractivity contribution is 5.84. The number of para-hydroxylation sites is 1. The molecule has 0 fully saturated rings. The molecule has 1 aromatic carbocycles. The molecule has 0 aliphatic rings. The Bertz CT molecular complexity index is 698. The summed E-state index contributed by atoms with van der Waals surface area (Å²) in [4.78, 5) is 23.8. The smallest absolute Gasteiger partial charge is 0.313 e. The van der Waals surface area contributed by atoms with Gasteiger partial charge in [-0.1, -0.05) is 18.2 Å². The maximum atomic E-state index is 12.5. The van der Waals surface area contributed by atoms with E-state index >= 15 is 0 Å². The Hall–Kier alpha value is -2.10. The van der Waals surface area contributed by atoms with Crippen molar-refractivity contribution in [3.05, 3.63) is 46.2 Å². The SMILES string of the molecule is CCn1c(=O)c(C(C)(C)C(=O)O)cc2ccccc21. The van der Waals surface area contributed by atoms with E-state index in [0.717, 1.165) is 10.9 Å². The van der Waals surface area contributed by atoms with Crippen molar-refractivity contribution < 1.29 is 9.90 Å². The van der Waals surface area contributed by atoms with Gasteiger partial charge in [0.05, 0.1) is 10.9 Å². The molecule has 0 unspecified atom stereocenters. The summed E-state index contributed by atoms with van der Waals surface area (Å²) in [7, 11) is 0. The third-order valence-corrected chi connectivity index (χ3v) is 3.53. The molecule has 0 spiro atoms. The molecule has 2 aromatic rings. The first kappa shape index (κ1) is 13.3. The summed E-state index contributed by atoms with van der Waals surface area (Å²) in [5.41, 5.74) is -0.271. The van der Waals surface area contributed by atoms with Gasteiger partial charge in [-0.25, -0.2) is 0 Å². The lowest BCUT2D eigenvalue weighted by molar-refractivity contribution is -0.142. The average Bonchev–Trinajstić information content (AvgIpc) is 2.37. The number of pyridine rings is 1. The van der Waals surface area contributed by atoms with Gasteiger partial charge in [-0.05, 0) is 38.3 Å². The van der Waals surface area contributed by atoms with E-state index in [2.05, 4.69) is 0 Å². The van der Waals surface area contributed by atoms with Crippen LogP contribution in [-0.4, -0.2) is 15.6 Å². The highest BCUT2D eigenvalue weighted by atomic mass is 16.4. The van der Waals surface area contributed by atoms with Crippen molar-refractivity contribution in [2.24, 2.45) is 0 Å². The van der Waals surface area contributed by atoms with Crippen LogP contribution in [0.5, 0.6) is 0 Å². The molecule has 0 atom stereocenters. The van der Waals surface area contributed by atoms with Crippen LogP contribution < -0.4 is 5.56 Å². The molecule has 2 rings (SSSR count). The van der Waals surface area contributed by atoms with Gasteiger partial charge in [-0.2, -0.15) is 0 Å². The number of aliphatic carboxylic acids is 1. The summed E-state index contributed by atoms with van der Waals surface area (Å²) in [5.74, 6) is -0.998. The number of carbonyl (C=O) groups is 1. The first-order chi connectivity index (χ1) is 8.89. The number of hydrogen-bond acceptors (Lipinski definition) is 2. The van der Waals surface area contributed by atoms with E-state index in [1.165, 1.54) is 0 Å². The molecule has 0 bridgehead atoms. The van der Waals surface area contributed by atoms with Crippen molar-refractivity contribution in [1.82, 2.24) is 4.57 Å². The summed E-state index contributed by atoms with van der Waals surface area (Å²) in [6, 6.07) is 9.21. The van der Waals surface area contributed by atoms with Crippen LogP contribution in [0.1, 0.15) is 26.3 Å². The third-order valence-electron chi connectivity index (χ3n) is 3.53. The van der Waals surface area contributed by atoms with Gasteiger partial charge in [-0.3, -0.25) is 9.59 Å². The first-order valence-corrected chi connectivity index (χ1v) is 6.26. The van der Waals surface area contributed by atoms with Crippen LogP contribution in [0, 0.1) is 0 Å². The van der Waals surface area contributed by atoms with Crippen LogP contribution >= 0.6 is 0 Å². The molecule has 19 heavy (non-hydrogen) atoms. The molecule has 100 valence electrons. The van der Waals surface area contributed by atoms with E-state index in [0.29, 0.717) is 12.1 Å². The molecule has 1 heterocycles. The Morgan fingerprint density at radius 3 is 2.53 bits per heavy atom. The van der Waals surface area contributed by atoms with E-state index in [4.69, 9.17) is 0 Å². The average molecular weight is 259 g/mol. The van der Waals surface area contributed by atoms with Gasteiger partial charge in [0.25, 0.3) is 5.56 Å². The number of hydrogen-bond donors (Lipinski definition) is 1. The van der Waals surface area contributed by atoms with Crippen LogP contribution in [0.25, 0.3) is 10.9 Å². The maximum absolute atomic E-state index is 12.5. The van der Waals surface area contributed by atoms with Crippen LogP contribution in [-0.2, 0) is 16.8 Å². The van der Waals surface area contributed by atoms with Crippen molar-refractivity contribution in [2.45, 2.75) is 32.7 Å². The lowest BCUT2D eigenvalue weighted by Gasteiger charge is -2.21. The van der Waals surface area contributed by atoms with Gasteiger partial charge in [0.2, 0.25) is 0 Å². The molecule has 0 radical (unpaired) electrons. The Morgan fingerprint density at radius 2 is 1.95 bits per heavy atom. The Kier molecular flexibility index (Phi) is 3.18. The second-order valence-electron chi connectivity index (χ2n) is 5.10. The largest absolute Gasteiger partial charge is 0.481 e. The zero-order valence-corrected chi connectivity index (χ0v) is 11.3. The standard InChI is InChI=1S/C15H17NO3/c1-4-16-12-8-6-5-7-10(12)9-11(13(16)17)15(2,3)14(18)19/h5-9H,4H2,1-3H3,(H,18,19). The number of nitrogens with zero attached hydrogens (tertiary/aromatic N) is 1. The van der Waals surface area contributed by atoms with Crippen molar-refractivity contribution >= 4 is 16.9 Å². The Morgan fingerprint density at radius 1 is 1.32 bits per heavy atom. The van der Waals surface area contributed by atoms with Gasteiger partial charge >= 0.3 is 5.97 Å². The normalized spacial score (nSPS) is 11.7. The zero-order valence-electron chi connectivity index (χ0n) is 11.3. The number of aromatic nitrogens is 1. The van der Waals surface area contributed by atoms with Crippen molar-refractivity contribution in [2.75, 3.05) is 0 Å². The van der Waals surface area contributed by atoms with E-state index < -0.39 is 11.4 Å². The van der Waals surface area contributed by atoms with Crippen LogP contribution in [0.4, 0.5) is 0 Å². The van der Waals surface area contributed by atoms with E-state index in [9.17, 15) is 14.7 Å². The Balaban J connectivity index is 2.88. The number of benzene rings is 1. The maximum Gasteiger partial charge on any atom is 0.313 e. The van der Waals surface area contributed by atoms with Crippen LogP contribution in [0.3, 0.4) is 0 Å². The minimum atomic E-state index is -1.20. The van der Waals surface area contributed by atoms with Gasteiger partial charge in [0, 0.05) is 12.1 Å². The molecular weight excluding hydrogens is 242 g/mol. The number of fused-ring (bicyclic) bond motifs is 1. The topological polar surface area (TPSA) is 59.3 Å². The minimum Gasteiger partial charge on any atom is -0.481 e.